The lowest BCUT2D eigenvalue weighted by Crippen LogP contribution is -2.41. The molecular formula is C15H19Cl2NO. The Balaban J connectivity index is 2.17. The van der Waals surface area contributed by atoms with Crippen LogP contribution in [0.25, 0.3) is 0 Å². The van der Waals surface area contributed by atoms with Gasteiger partial charge in [0.15, 0.2) is 0 Å². The van der Waals surface area contributed by atoms with E-state index in [1.54, 1.807) is 18.2 Å². The van der Waals surface area contributed by atoms with Crippen molar-refractivity contribution in [3.63, 3.8) is 0 Å². The summed E-state index contributed by atoms with van der Waals surface area (Å²) in [5, 5.41) is 0.922. The second kappa shape index (κ2) is 6.62. The van der Waals surface area contributed by atoms with Crippen LogP contribution in [-0.4, -0.2) is 23.4 Å². The highest BCUT2D eigenvalue weighted by atomic mass is 35.5. The van der Waals surface area contributed by atoms with E-state index in [9.17, 15) is 4.79 Å². The van der Waals surface area contributed by atoms with Crippen molar-refractivity contribution in [1.29, 1.82) is 0 Å². The Labute approximate surface area is 124 Å². The Morgan fingerprint density at radius 1 is 1.21 bits per heavy atom. The summed E-state index contributed by atoms with van der Waals surface area (Å²) in [6.07, 6.45) is 5.95. The van der Waals surface area contributed by atoms with Gasteiger partial charge in [0.05, 0.1) is 10.0 Å². The first-order valence-corrected chi connectivity index (χ1v) is 7.65. The lowest BCUT2D eigenvalue weighted by atomic mass is 9.93. The number of benzene rings is 1. The molecule has 1 saturated carbocycles. The first kappa shape index (κ1) is 14.7. The number of hydrogen-bond donors (Lipinski definition) is 0. The topological polar surface area (TPSA) is 20.3 Å². The molecule has 0 aliphatic heterocycles. The number of halogens is 2. The largest absolute Gasteiger partial charge is 0.336 e. The number of nitrogens with zero attached hydrogens (tertiary/aromatic N) is 1. The maximum absolute atomic E-state index is 12.6. The third-order valence-corrected chi connectivity index (χ3v) is 4.52. The molecule has 19 heavy (non-hydrogen) atoms. The van der Waals surface area contributed by atoms with Crippen LogP contribution in [0.15, 0.2) is 18.2 Å². The quantitative estimate of drug-likeness (QED) is 0.786. The van der Waals surface area contributed by atoms with E-state index in [2.05, 4.69) is 0 Å². The number of amides is 1. The molecule has 1 amide bonds. The molecule has 1 aromatic carbocycles. The molecule has 0 saturated heterocycles. The monoisotopic (exact) mass is 299 g/mol. The molecule has 0 N–H and O–H groups in total. The Kier molecular flexibility index (Phi) is 5.12. The van der Waals surface area contributed by atoms with E-state index in [4.69, 9.17) is 23.2 Å². The molecule has 1 fully saturated rings. The smallest absolute Gasteiger partial charge is 0.254 e. The number of carbonyl (C=O) groups is 1. The van der Waals surface area contributed by atoms with Gasteiger partial charge in [-0.15, -0.1) is 0 Å². The molecule has 1 aliphatic rings. The van der Waals surface area contributed by atoms with Crippen molar-refractivity contribution in [1.82, 2.24) is 4.90 Å². The SMILES string of the molecule is CCN(C(=O)c1ccc(Cl)c(Cl)c1)C1CCCCC1. The number of hydrogen-bond acceptors (Lipinski definition) is 1. The molecule has 104 valence electrons. The normalized spacial score (nSPS) is 16.4. The maximum atomic E-state index is 12.6. The van der Waals surface area contributed by atoms with E-state index < -0.39 is 0 Å². The van der Waals surface area contributed by atoms with E-state index in [0.29, 0.717) is 21.7 Å². The zero-order valence-electron chi connectivity index (χ0n) is 11.2. The predicted octanol–water partition coefficient (Wildman–Crippen LogP) is 4.79. The minimum absolute atomic E-state index is 0.0629. The molecule has 0 bridgehead atoms. The van der Waals surface area contributed by atoms with Crippen LogP contribution in [0.3, 0.4) is 0 Å². The van der Waals surface area contributed by atoms with Crippen LogP contribution < -0.4 is 0 Å². The molecule has 2 rings (SSSR count). The molecule has 0 unspecified atom stereocenters. The Bertz CT molecular complexity index is 455. The zero-order valence-corrected chi connectivity index (χ0v) is 12.7. The van der Waals surface area contributed by atoms with Crippen LogP contribution in [0.2, 0.25) is 10.0 Å². The van der Waals surface area contributed by atoms with Crippen molar-refractivity contribution in [3.8, 4) is 0 Å². The van der Waals surface area contributed by atoms with E-state index in [1.165, 1.54) is 19.3 Å². The van der Waals surface area contributed by atoms with Crippen molar-refractivity contribution >= 4 is 29.1 Å². The summed E-state index contributed by atoms with van der Waals surface area (Å²) in [6, 6.07) is 5.48. The van der Waals surface area contributed by atoms with Crippen LogP contribution in [0.4, 0.5) is 0 Å². The van der Waals surface area contributed by atoms with Crippen molar-refractivity contribution in [2.45, 2.75) is 45.1 Å². The van der Waals surface area contributed by atoms with Gasteiger partial charge in [-0.25, -0.2) is 0 Å². The highest BCUT2D eigenvalue weighted by Crippen LogP contribution is 2.26. The standard InChI is InChI=1S/C15H19Cl2NO/c1-2-18(12-6-4-3-5-7-12)15(19)11-8-9-13(16)14(17)10-11/h8-10,12H,2-7H2,1H3. The van der Waals surface area contributed by atoms with Gasteiger partial charge < -0.3 is 4.90 Å². The molecule has 1 aliphatic carbocycles. The van der Waals surface area contributed by atoms with Crippen LogP contribution >= 0.6 is 23.2 Å². The van der Waals surface area contributed by atoms with Crippen molar-refractivity contribution in [2.75, 3.05) is 6.54 Å². The van der Waals surface area contributed by atoms with Gasteiger partial charge in [0, 0.05) is 18.2 Å². The van der Waals surface area contributed by atoms with Gasteiger partial charge in [0.25, 0.3) is 5.91 Å². The van der Waals surface area contributed by atoms with Gasteiger partial charge in [-0.3, -0.25) is 4.79 Å². The highest BCUT2D eigenvalue weighted by Gasteiger charge is 2.25. The summed E-state index contributed by atoms with van der Waals surface area (Å²) in [6.45, 7) is 2.77. The number of carbonyl (C=O) groups excluding carboxylic acids is 1. The predicted molar refractivity (Wildman–Crippen MR) is 80.0 cm³/mol. The summed E-state index contributed by atoms with van der Waals surface area (Å²) in [4.78, 5) is 14.5. The lowest BCUT2D eigenvalue weighted by molar-refractivity contribution is 0.0648. The molecule has 0 heterocycles. The Morgan fingerprint density at radius 3 is 2.47 bits per heavy atom. The number of rotatable bonds is 3. The van der Waals surface area contributed by atoms with Crippen molar-refractivity contribution in [3.05, 3.63) is 33.8 Å². The molecule has 0 radical (unpaired) electrons. The van der Waals surface area contributed by atoms with E-state index in [-0.39, 0.29) is 5.91 Å². The average molecular weight is 300 g/mol. The molecule has 2 nitrogen and oxygen atoms in total. The minimum Gasteiger partial charge on any atom is -0.336 e. The highest BCUT2D eigenvalue weighted by molar-refractivity contribution is 6.42. The van der Waals surface area contributed by atoms with Crippen LogP contribution in [0.1, 0.15) is 49.4 Å². The summed E-state index contributed by atoms with van der Waals surface area (Å²) in [7, 11) is 0. The second-order valence-electron chi connectivity index (χ2n) is 5.01. The molecule has 0 spiro atoms. The summed E-state index contributed by atoms with van der Waals surface area (Å²) in [5.74, 6) is 0.0629. The molecule has 4 heteroatoms. The Hall–Kier alpha value is -0.730. The summed E-state index contributed by atoms with van der Waals surface area (Å²) < 4.78 is 0. The lowest BCUT2D eigenvalue weighted by Gasteiger charge is -2.33. The summed E-state index contributed by atoms with van der Waals surface area (Å²) >= 11 is 11.9. The summed E-state index contributed by atoms with van der Waals surface area (Å²) in [5.41, 5.74) is 0.627. The molecular weight excluding hydrogens is 281 g/mol. The molecule has 0 atom stereocenters. The van der Waals surface area contributed by atoms with Crippen LogP contribution in [0, 0.1) is 0 Å². The fourth-order valence-corrected chi connectivity index (χ4v) is 3.05. The van der Waals surface area contributed by atoms with Gasteiger partial charge in [-0.05, 0) is 38.0 Å². The molecule has 0 aromatic heterocycles. The molecule has 1 aromatic rings. The van der Waals surface area contributed by atoms with Gasteiger partial charge in [0.2, 0.25) is 0 Å². The third-order valence-electron chi connectivity index (χ3n) is 3.78. The minimum atomic E-state index is 0.0629. The first-order valence-electron chi connectivity index (χ1n) is 6.89. The van der Waals surface area contributed by atoms with Crippen LogP contribution in [0.5, 0.6) is 0 Å². The first-order chi connectivity index (χ1) is 9.13. The van der Waals surface area contributed by atoms with E-state index in [0.717, 1.165) is 19.4 Å². The third kappa shape index (κ3) is 3.43. The van der Waals surface area contributed by atoms with Crippen LogP contribution in [-0.2, 0) is 0 Å². The van der Waals surface area contributed by atoms with Gasteiger partial charge >= 0.3 is 0 Å². The van der Waals surface area contributed by atoms with Gasteiger partial charge in [0.1, 0.15) is 0 Å². The zero-order chi connectivity index (χ0) is 13.8. The Morgan fingerprint density at radius 2 is 1.89 bits per heavy atom. The van der Waals surface area contributed by atoms with Crippen molar-refractivity contribution in [2.24, 2.45) is 0 Å². The van der Waals surface area contributed by atoms with E-state index in [1.807, 2.05) is 11.8 Å². The van der Waals surface area contributed by atoms with Crippen molar-refractivity contribution < 1.29 is 4.79 Å². The average Bonchev–Trinajstić information content (AvgIpc) is 2.44. The fraction of sp³-hybridized carbons (Fsp3) is 0.533. The maximum Gasteiger partial charge on any atom is 0.254 e. The van der Waals surface area contributed by atoms with Gasteiger partial charge in [-0.2, -0.15) is 0 Å². The van der Waals surface area contributed by atoms with Gasteiger partial charge in [-0.1, -0.05) is 42.5 Å². The fourth-order valence-electron chi connectivity index (χ4n) is 2.76. The van der Waals surface area contributed by atoms with E-state index >= 15 is 0 Å². The second-order valence-corrected chi connectivity index (χ2v) is 5.83.